The molecule has 0 saturated heterocycles. The largest absolute Gasteiger partial charge is 0.461 e. The molecule has 1 fully saturated rings. The summed E-state index contributed by atoms with van der Waals surface area (Å²) in [7, 11) is 0. The SMILES string of the molecule is CCCCCCCCCC(=O)O[C@]1(C)C[C@@H](C)C23C=C(C)C(O)C2(O)C(O)C(COC(=O)CCCCC)=CC(C3=O)C1(C)C. The highest BCUT2D eigenvalue weighted by Gasteiger charge is 2.73. The molecule has 1 saturated carbocycles. The average Bonchev–Trinajstić information content (AvgIpc) is 3.11. The van der Waals surface area contributed by atoms with Crippen LogP contribution in [0.1, 0.15) is 132 Å². The smallest absolute Gasteiger partial charge is 0.306 e. The molecule has 3 rings (SSSR count). The van der Waals surface area contributed by atoms with Gasteiger partial charge in [-0.2, -0.15) is 0 Å². The van der Waals surface area contributed by atoms with E-state index in [1.54, 1.807) is 19.1 Å². The first-order valence-corrected chi connectivity index (χ1v) is 17.0. The van der Waals surface area contributed by atoms with Gasteiger partial charge in [-0.1, -0.05) is 98.1 Å². The van der Waals surface area contributed by atoms with Gasteiger partial charge in [-0.15, -0.1) is 0 Å². The highest BCUT2D eigenvalue weighted by molar-refractivity contribution is 5.95. The number of aliphatic hydroxyl groups excluding tert-OH is 2. The van der Waals surface area contributed by atoms with Crippen molar-refractivity contribution in [3.63, 3.8) is 0 Å². The summed E-state index contributed by atoms with van der Waals surface area (Å²) in [6, 6.07) is 0. The number of carbonyl (C=O) groups is 3. The second-order valence-corrected chi connectivity index (χ2v) is 14.5. The van der Waals surface area contributed by atoms with Crippen molar-refractivity contribution in [1.29, 1.82) is 0 Å². The second kappa shape index (κ2) is 14.6. The van der Waals surface area contributed by atoms with E-state index in [1.807, 2.05) is 34.6 Å². The monoisotopic (exact) mass is 618 g/mol. The van der Waals surface area contributed by atoms with Crippen LogP contribution in [0.3, 0.4) is 0 Å². The third kappa shape index (κ3) is 6.59. The first-order chi connectivity index (χ1) is 20.6. The lowest BCUT2D eigenvalue weighted by Crippen LogP contribution is -2.65. The van der Waals surface area contributed by atoms with Gasteiger partial charge in [-0.25, -0.2) is 0 Å². The Morgan fingerprint density at radius 3 is 2.07 bits per heavy atom. The van der Waals surface area contributed by atoms with Gasteiger partial charge in [0.1, 0.15) is 30.0 Å². The van der Waals surface area contributed by atoms with E-state index in [4.69, 9.17) is 9.47 Å². The lowest BCUT2D eigenvalue weighted by molar-refractivity contribution is -0.192. The maximum absolute atomic E-state index is 14.7. The van der Waals surface area contributed by atoms with Crippen LogP contribution in [0.2, 0.25) is 0 Å². The lowest BCUT2D eigenvalue weighted by atomic mass is 9.59. The topological polar surface area (TPSA) is 130 Å². The maximum atomic E-state index is 14.7. The van der Waals surface area contributed by atoms with E-state index in [0.29, 0.717) is 12.0 Å². The number of hydrogen-bond acceptors (Lipinski definition) is 8. The Bertz CT molecular complexity index is 1110. The molecule has 0 aliphatic heterocycles. The van der Waals surface area contributed by atoms with Gasteiger partial charge in [-0.05, 0) is 50.2 Å². The molecule has 0 amide bonds. The predicted octanol–water partition coefficient (Wildman–Crippen LogP) is 6.14. The van der Waals surface area contributed by atoms with Crippen LogP contribution in [0.15, 0.2) is 23.3 Å². The number of ether oxygens (including phenoxy) is 2. The number of aliphatic hydroxyl groups is 3. The van der Waals surface area contributed by atoms with Crippen LogP contribution >= 0.6 is 0 Å². The molecule has 0 aromatic heterocycles. The number of unbranched alkanes of at least 4 members (excludes halogenated alkanes) is 8. The van der Waals surface area contributed by atoms with E-state index in [1.165, 1.54) is 19.3 Å². The van der Waals surface area contributed by atoms with Gasteiger partial charge in [0.05, 0.1) is 5.41 Å². The van der Waals surface area contributed by atoms with Gasteiger partial charge < -0.3 is 24.8 Å². The fourth-order valence-electron chi connectivity index (χ4n) is 7.93. The van der Waals surface area contributed by atoms with Crippen molar-refractivity contribution in [3.8, 4) is 0 Å². The Morgan fingerprint density at radius 2 is 1.43 bits per heavy atom. The maximum Gasteiger partial charge on any atom is 0.306 e. The normalized spacial score (nSPS) is 34.4. The summed E-state index contributed by atoms with van der Waals surface area (Å²) >= 11 is 0. The Kier molecular flexibility index (Phi) is 12.1. The molecule has 0 aromatic rings. The van der Waals surface area contributed by atoms with Crippen molar-refractivity contribution in [2.75, 3.05) is 6.61 Å². The molecule has 0 heterocycles. The summed E-state index contributed by atoms with van der Waals surface area (Å²) in [4.78, 5) is 40.5. The number of ketones is 1. The molecular weight excluding hydrogens is 560 g/mol. The minimum Gasteiger partial charge on any atom is -0.461 e. The molecule has 3 aliphatic carbocycles. The van der Waals surface area contributed by atoms with Gasteiger partial charge in [0, 0.05) is 24.2 Å². The molecular formula is C36H58O8. The molecule has 250 valence electrons. The summed E-state index contributed by atoms with van der Waals surface area (Å²) in [5.74, 6) is -2.60. The number of allylic oxidation sites excluding steroid dienone is 1. The molecule has 3 aliphatic rings. The number of esters is 2. The molecule has 2 bridgehead atoms. The molecule has 5 unspecified atom stereocenters. The number of Topliss-reactive ketones (excluding diaryl/α,β-unsaturated/α-hetero) is 1. The van der Waals surface area contributed by atoms with Gasteiger partial charge in [0.25, 0.3) is 0 Å². The molecule has 0 aromatic carbocycles. The lowest BCUT2D eigenvalue weighted by Gasteiger charge is -2.48. The van der Waals surface area contributed by atoms with Crippen LogP contribution in [0.4, 0.5) is 0 Å². The summed E-state index contributed by atoms with van der Waals surface area (Å²) in [6.45, 7) is 13.0. The van der Waals surface area contributed by atoms with Crippen LogP contribution in [0.5, 0.6) is 0 Å². The number of fused-ring (bicyclic) bond motifs is 1. The molecule has 8 heteroatoms. The van der Waals surface area contributed by atoms with Crippen molar-refractivity contribution in [2.24, 2.45) is 22.7 Å². The minimum atomic E-state index is -2.29. The quantitative estimate of drug-likeness (QED) is 0.113. The minimum absolute atomic E-state index is 0.164. The van der Waals surface area contributed by atoms with Crippen LogP contribution in [-0.2, 0) is 23.9 Å². The molecule has 3 N–H and O–H groups in total. The van der Waals surface area contributed by atoms with E-state index in [2.05, 4.69) is 6.92 Å². The van der Waals surface area contributed by atoms with Crippen molar-refractivity contribution in [3.05, 3.63) is 23.3 Å². The predicted molar refractivity (Wildman–Crippen MR) is 170 cm³/mol. The fourth-order valence-corrected chi connectivity index (χ4v) is 7.93. The zero-order chi connectivity index (χ0) is 32.9. The highest BCUT2D eigenvalue weighted by atomic mass is 16.6. The van der Waals surface area contributed by atoms with E-state index in [0.717, 1.165) is 38.5 Å². The third-order valence-electron chi connectivity index (χ3n) is 11.1. The fraction of sp³-hybridized carbons (Fsp3) is 0.806. The van der Waals surface area contributed by atoms with Gasteiger partial charge >= 0.3 is 11.9 Å². The second-order valence-electron chi connectivity index (χ2n) is 14.5. The summed E-state index contributed by atoms with van der Waals surface area (Å²) < 4.78 is 11.8. The van der Waals surface area contributed by atoms with Gasteiger partial charge in [0.15, 0.2) is 5.78 Å². The first kappa shape index (κ1) is 36.4. The summed E-state index contributed by atoms with van der Waals surface area (Å²) in [5, 5.41) is 35.5. The van der Waals surface area contributed by atoms with Crippen molar-refractivity contribution < 1.29 is 39.2 Å². The molecule has 8 nitrogen and oxygen atoms in total. The van der Waals surface area contributed by atoms with E-state index >= 15 is 0 Å². The zero-order valence-corrected chi connectivity index (χ0v) is 28.2. The highest BCUT2D eigenvalue weighted by Crippen LogP contribution is 2.63. The molecule has 1 spiro atoms. The van der Waals surface area contributed by atoms with Crippen molar-refractivity contribution >= 4 is 17.7 Å². The molecule has 0 radical (unpaired) electrons. The van der Waals surface area contributed by atoms with Crippen LogP contribution < -0.4 is 0 Å². The van der Waals surface area contributed by atoms with Crippen LogP contribution in [0.25, 0.3) is 0 Å². The molecule has 44 heavy (non-hydrogen) atoms. The molecule has 7 atom stereocenters. The number of carbonyl (C=O) groups excluding carboxylic acids is 3. The number of rotatable bonds is 15. The van der Waals surface area contributed by atoms with Gasteiger partial charge in [-0.3, -0.25) is 14.4 Å². The standard InChI is InChI=1S/C36H58O8/c1-8-10-12-13-14-15-17-19-29(38)44-34(7)22-25(4)35-21-24(3)30(39)36(35,42)31(40)26(20-27(32(35)41)33(34,5)6)23-43-28(37)18-16-11-9-2/h20-21,25,27,30-31,39-40,42H,8-19,22-23H2,1-7H3/t25-,27?,30?,31?,34-,35?,36?/m1/s1. The Hall–Kier alpha value is -2.03. The van der Waals surface area contributed by atoms with Crippen LogP contribution in [0, 0.1) is 22.7 Å². The van der Waals surface area contributed by atoms with E-state index in [9.17, 15) is 29.7 Å². The van der Waals surface area contributed by atoms with Crippen molar-refractivity contribution in [2.45, 2.75) is 155 Å². The first-order valence-electron chi connectivity index (χ1n) is 17.0. The average molecular weight is 619 g/mol. The van der Waals surface area contributed by atoms with Crippen molar-refractivity contribution in [1.82, 2.24) is 0 Å². The Balaban J connectivity index is 1.96. The van der Waals surface area contributed by atoms with Crippen LogP contribution in [-0.4, -0.2) is 63.1 Å². The van der Waals surface area contributed by atoms with Gasteiger partial charge in [0.2, 0.25) is 0 Å². The summed E-state index contributed by atoms with van der Waals surface area (Å²) in [5.41, 5.74) is -5.45. The summed E-state index contributed by atoms with van der Waals surface area (Å²) in [6.07, 6.45) is 10.9. The van der Waals surface area contributed by atoms with E-state index < -0.39 is 52.0 Å². The zero-order valence-electron chi connectivity index (χ0n) is 28.2. The Labute approximate surface area is 264 Å². The number of hydrogen-bond donors (Lipinski definition) is 3. The van der Waals surface area contributed by atoms with E-state index in [-0.39, 0.29) is 43.2 Å². The third-order valence-corrected chi connectivity index (χ3v) is 11.1. The Morgan fingerprint density at radius 1 is 0.886 bits per heavy atom.